The summed E-state index contributed by atoms with van der Waals surface area (Å²) >= 11 is 0. The molecule has 2 aliphatic rings. The average Bonchev–Trinajstić information content (AvgIpc) is 2.42. The molecule has 0 aromatic heterocycles. The Morgan fingerprint density at radius 1 is 1.30 bits per heavy atom. The number of rotatable bonds is 1. The third-order valence-corrected chi connectivity index (χ3v) is 2.45. The third kappa shape index (κ3) is 0.879. The van der Waals surface area contributed by atoms with Crippen molar-refractivity contribution < 1.29 is 0 Å². The van der Waals surface area contributed by atoms with Crippen molar-refractivity contribution in [1.29, 1.82) is 0 Å². The van der Waals surface area contributed by atoms with E-state index < -0.39 is 0 Å². The lowest BCUT2D eigenvalue weighted by atomic mass is 10.2. The lowest BCUT2D eigenvalue weighted by molar-refractivity contribution is 0.357. The fraction of sp³-hybridized carbons (Fsp3) is 0.750. The number of hydrogen-bond acceptors (Lipinski definition) is 2. The van der Waals surface area contributed by atoms with Gasteiger partial charge in [-0.2, -0.15) is 0 Å². The number of likely N-dealkylation sites (N-methyl/N-ethyl adjacent to an activating group) is 1. The second-order valence-corrected chi connectivity index (χ2v) is 3.11. The Morgan fingerprint density at radius 2 is 1.90 bits per heavy atom. The van der Waals surface area contributed by atoms with Crippen LogP contribution in [0, 0.1) is 0 Å². The fourth-order valence-electron chi connectivity index (χ4n) is 1.77. The molecule has 0 aromatic rings. The van der Waals surface area contributed by atoms with E-state index in [0.29, 0.717) is 0 Å². The molecule has 10 heavy (non-hydrogen) atoms. The molecule has 2 rings (SSSR count). The van der Waals surface area contributed by atoms with Gasteiger partial charge in [0.25, 0.3) is 0 Å². The maximum atomic E-state index is 3.37. The first-order valence-corrected chi connectivity index (χ1v) is 4.03. The van der Waals surface area contributed by atoms with Crippen molar-refractivity contribution in [2.45, 2.75) is 6.92 Å². The molecule has 0 saturated carbocycles. The predicted molar refractivity (Wildman–Crippen MR) is 42.0 cm³/mol. The molecule has 0 unspecified atom stereocenters. The zero-order valence-electron chi connectivity index (χ0n) is 6.48. The minimum atomic E-state index is 1.14. The number of nitrogens with one attached hydrogen (secondary N) is 1. The molecular formula is C8H14N2. The minimum absolute atomic E-state index is 1.14. The summed E-state index contributed by atoms with van der Waals surface area (Å²) in [5.74, 6) is 0. The maximum Gasteiger partial charge on any atom is 0.0212 e. The second kappa shape index (κ2) is 2.36. The topological polar surface area (TPSA) is 15.3 Å². The summed E-state index contributed by atoms with van der Waals surface area (Å²) in [4.78, 5) is 2.49. The predicted octanol–water partition coefficient (Wildman–Crippen LogP) is 0.222. The lowest BCUT2D eigenvalue weighted by Crippen LogP contribution is -2.26. The molecular weight excluding hydrogens is 124 g/mol. The van der Waals surface area contributed by atoms with E-state index >= 15 is 0 Å². The number of nitrogens with zero attached hydrogens (tertiary/aromatic N) is 1. The van der Waals surface area contributed by atoms with Gasteiger partial charge in [0.1, 0.15) is 0 Å². The Kier molecular flexibility index (Phi) is 1.51. The van der Waals surface area contributed by atoms with Gasteiger partial charge in [-0.05, 0) is 17.7 Å². The smallest absolute Gasteiger partial charge is 0.0212 e. The summed E-state index contributed by atoms with van der Waals surface area (Å²) in [6, 6.07) is 0. The molecule has 2 aliphatic heterocycles. The van der Waals surface area contributed by atoms with Crippen LogP contribution in [0.5, 0.6) is 0 Å². The Morgan fingerprint density at radius 3 is 2.40 bits per heavy atom. The zero-order valence-corrected chi connectivity index (χ0v) is 6.48. The first kappa shape index (κ1) is 6.38. The summed E-state index contributed by atoms with van der Waals surface area (Å²) in [5.41, 5.74) is 3.31. The summed E-state index contributed by atoms with van der Waals surface area (Å²) in [6.45, 7) is 8.16. The highest BCUT2D eigenvalue weighted by molar-refractivity contribution is 5.29. The van der Waals surface area contributed by atoms with Crippen LogP contribution in [0.4, 0.5) is 0 Å². The van der Waals surface area contributed by atoms with Crippen LogP contribution in [0.3, 0.4) is 0 Å². The Hall–Kier alpha value is -0.340. The molecule has 56 valence electrons. The van der Waals surface area contributed by atoms with Crippen molar-refractivity contribution >= 4 is 0 Å². The van der Waals surface area contributed by atoms with Crippen molar-refractivity contribution in [2.24, 2.45) is 0 Å². The Balaban J connectivity index is 2.03. The van der Waals surface area contributed by atoms with E-state index in [1.165, 1.54) is 19.6 Å². The van der Waals surface area contributed by atoms with Crippen molar-refractivity contribution in [1.82, 2.24) is 10.2 Å². The van der Waals surface area contributed by atoms with Crippen LogP contribution in [0.1, 0.15) is 6.92 Å². The minimum Gasteiger partial charge on any atom is -0.309 e. The quantitative estimate of drug-likeness (QED) is 0.521. The van der Waals surface area contributed by atoms with Gasteiger partial charge in [-0.25, -0.2) is 0 Å². The molecule has 0 bridgehead atoms. The first-order valence-electron chi connectivity index (χ1n) is 4.03. The maximum absolute atomic E-state index is 3.37. The summed E-state index contributed by atoms with van der Waals surface area (Å²) in [6.07, 6.45) is 0. The van der Waals surface area contributed by atoms with Crippen LogP contribution in [0.15, 0.2) is 11.1 Å². The molecule has 0 aliphatic carbocycles. The normalized spacial score (nSPS) is 26.1. The largest absolute Gasteiger partial charge is 0.309 e. The van der Waals surface area contributed by atoms with E-state index in [-0.39, 0.29) is 0 Å². The van der Waals surface area contributed by atoms with E-state index in [2.05, 4.69) is 17.1 Å². The van der Waals surface area contributed by atoms with E-state index in [1.54, 1.807) is 11.1 Å². The highest BCUT2D eigenvalue weighted by Gasteiger charge is 2.23. The van der Waals surface area contributed by atoms with Crippen LogP contribution in [0.2, 0.25) is 0 Å². The Labute approximate surface area is 61.9 Å². The molecule has 0 spiro atoms. The van der Waals surface area contributed by atoms with Crippen molar-refractivity contribution in [3.05, 3.63) is 11.1 Å². The van der Waals surface area contributed by atoms with Crippen molar-refractivity contribution in [3.8, 4) is 0 Å². The molecule has 0 radical (unpaired) electrons. The van der Waals surface area contributed by atoms with Crippen molar-refractivity contribution in [2.75, 3.05) is 32.7 Å². The van der Waals surface area contributed by atoms with Crippen LogP contribution in [-0.4, -0.2) is 37.6 Å². The van der Waals surface area contributed by atoms with Crippen LogP contribution in [-0.2, 0) is 0 Å². The number of hydrogen-bond donors (Lipinski definition) is 1. The molecule has 0 fully saturated rings. The molecule has 1 N–H and O–H groups in total. The van der Waals surface area contributed by atoms with Gasteiger partial charge in [0.05, 0.1) is 0 Å². The first-order chi connectivity index (χ1) is 4.90. The zero-order chi connectivity index (χ0) is 6.97. The molecule has 0 aromatic carbocycles. The Bertz CT molecular complexity index is 156. The third-order valence-electron chi connectivity index (χ3n) is 2.45. The highest BCUT2D eigenvalue weighted by atomic mass is 15.2. The highest BCUT2D eigenvalue weighted by Crippen LogP contribution is 2.19. The van der Waals surface area contributed by atoms with Crippen LogP contribution in [0.25, 0.3) is 0 Å². The average molecular weight is 138 g/mol. The molecule has 2 heteroatoms. The summed E-state index contributed by atoms with van der Waals surface area (Å²) in [5, 5.41) is 3.37. The lowest BCUT2D eigenvalue weighted by Gasteiger charge is -2.14. The van der Waals surface area contributed by atoms with Gasteiger partial charge in [0.15, 0.2) is 0 Å². The van der Waals surface area contributed by atoms with Gasteiger partial charge in [-0.15, -0.1) is 0 Å². The van der Waals surface area contributed by atoms with Gasteiger partial charge in [0.2, 0.25) is 0 Å². The summed E-state index contributed by atoms with van der Waals surface area (Å²) < 4.78 is 0. The fourth-order valence-corrected chi connectivity index (χ4v) is 1.77. The van der Waals surface area contributed by atoms with Gasteiger partial charge in [-0.1, -0.05) is 6.92 Å². The van der Waals surface area contributed by atoms with Gasteiger partial charge < -0.3 is 5.32 Å². The standard InChI is InChI=1S/C8H14N2/c1-2-10-5-7-3-9-4-8(7)6-10/h9H,2-6H2,1H3. The van der Waals surface area contributed by atoms with Crippen molar-refractivity contribution in [3.63, 3.8) is 0 Å². The molecule has 2 nitrogen and oxygen atoms in total. The molecule has 0 saturated heterocycles. The molecule has 0 amide bonds. The molecule has 0 atom stereocenters. The van der Waals surface area contributed by atoms with E-state index in [1.807, 2.05) is 0 Å². The monoisotopic (exact) mass is 138 g/mol. The second-order valence-electron chi connectivity index (χ2n) is 3.11. The van der Waals surface area contributed by atoms with Gasteiger partial charge in [0, 0.05) is 26.2 Å². The molecule has 2 heterocycles. The van der Waals surface area contributed by atoms with Gasteiger partial charge in [-0.3, -0.25) is 4.90 Å². The van der Waals surface area contributed by atoms with Gasteiger partial charge >= 0.3 is 0 Å². The van der Waals surface area contributed by atoms with E-state index in [0.717, 1.165) is 13.1 Å². The van der Waals surface area contributed by atoms with E-state index in [4.69, 9.17) is 0 Å². The summed E-state index contributed by atoms with van der Waals surface area (Å²) in [7, 11) is 0. The van der Waals surface area contributed by atoms with E-state index in [9.17, 15) is 0 Å². The van der Waals surface area contributed by atoms with Crippen LogP contribution < -0.4 is 5.32 Å². The van der Waals surface area contributed by atoms with Crippen LogP contribution >= 0.6 is 0 Å². The SMILES string of the molecule is CCN1CC2=C(CNC2)C1.